The highest BCUT2D eigenvalue weighted by molar-refractivity contribution is 7.89. The van der Waals surface area contributed by atoms with Crippen LogP contribution in [0.4, 0.5) is 0 Å². The second-order valence-corrected chi connectivity index (χ2v) is 8.87. The summed E-state index contributed by atoms with van der Waals surface area (Å²) in [6.07, 6.45) is 4.37. The van der Waals surface area contributed by atoms with E-state index in [-0.39, 0.29) is 28.8 Å². The van der Waals surface area contributed by atoms with E-state index in [1.165, 1.54) is 0 Å². The predicted octanol–water partition coefficient (Wildman–Crippen LogP) is 1.43. The van der Waals surface area contributed by atoms with Crippen molar-refractivity contribution in [2.24, 2.45) is 5.92 Å². The van der Waals surface area contributed by atoms with Crippen LogP contribution in [0.25, 0.3) is 0 Å². The molecule has 142 valence electrons. The molecule has 2 aliphatic carbocycles. The van der Waals surface area contributed by atoms with Gasteiger partial charge in [0.2, 0.25) is 15.9 Å². The number of carboxylic acid groups (broad SMARTS) is 1. The fraction of sp³-hybridized carbons (Fsp3) is 0.556. The molecule has 2 atom stereocenters. The van der Waals surface area contributed by atoms with Crippen LogP contribution in [0.2, 0.25) is 0 Å². The van der Waals surface area contributed by atoms with E-state index in [1.807, 2.05) is 0 Å². The Morgan fingerprint density at radius 3 is 2.27 bits per heavy atom. The summed E-state index contributed by atoms with van der Waals surface area (Å²) in [6.45, 7) is 0. The van der Waals surface area contributed by atoms with E-state index in [0.717, 1.165) is 18.4 Å². The molecule has 7 nitrogen and oxygen atoms in total. The Hall–Kier alpha value is -1.93. The van der Waals surface area contributed by atoms with Crippen LogP contribution < -0.4 is 10.0 Å². The first kappa shape index (κ1) is 18.8. The Balaban J connectivity index is 1.46. The fourth-order valence-electron chi connectivity index (χ4n) is 3.22. The predicted molar refractivity (Wildman–Crippen MR) is 95.0 cm³/mol. The van der Waals surface area contributed by atoms with Crippen molar-refractivity contribution in [3.8, 4) is 0 Å². The maximum absolute atomic E-state index is 12.1. The van der Waals surface area contributed by atoms with Crippen molar-refractivity contribution in [1.29, 1.82) is 0 Å². The maximum Gasteiger partial charge on any atom is 0.306 e. The third-order valence-corrected chi connectivity index (χ3v) is 6.46. The van der Waals surface area contributed by atoms with Gasteiger partial charge in [-0.2, -0.15) is 0 Å². The van der Waals surface area contributed by atoms with Crippen LogP contribution in [0.1, 0.15) is 44.1 Å². The van der Waals surface area contributed by atoms with Gasteiger partial charge in [-0.3, -0.25) is 9.59 Å². The zero-order chi connectivity index (χ0) is 18.7. The van der Waals surface area contributed by atoms with E-state index < -0.39 is 16.0 Å². The van der Waals surface area contributed by atoms with Gasteiger partial charge in [-0.1, -0.05) is 12.1 Å². The molecule has 0 bridgehead atoms. The Bertz CT molecular complexity index is 771. The van der Waals surface area contributed by atoms with Crippen molar-refractivity contribution < 1.29 is 23.1 Å². The van der Waals surface area contributed by atoms with Crippen LogP contribution in [-0.4, -0.2) is 37.5 Å². The van der Waals surface area contributed by atoms with Gasteiger partial charge in [0.1, 0.15) is 0 Å². The summed E-state index contributed by atoms with van der Waals surface area (Å²) in [5.74, 6) is -1.26. The molecule has 1 aromatic carbocycles. The molecule has 1 amide bonds. The van der Waals surface area contributed by atoms with E-state index >= 15 is 0 Å². The second-order valence-electron chi connectivity index (χ2n) is 7.15. The van der Waals surface area contributed by atoms with Crippen molar-refractivity contribution in [3.63, 3.8) is 0 Å². The highest BCUT2D eigenvalue weighted by Gasteiger charge is 2.30. The molecule has 8 heteroatoms. The highest BCUT2D eigenvalue weighted by Crippen LogP contribution is 2.26. The molecular formula is C18H24N2O5S. The van der Waals surface area contributed by atoms with Gasteiger partial charge in [-0.15, -0.1) is 0 Å². The Labute approximate surface area is 153 Å². The first-order valence-electron chi connectivity index (χ1n) is 8.97. The van der Waals surface area contributed by atoms with Crippen molar-refractivity contribution in [1.82, 2.24) is 10.0 Å². The molecule has 26 heavy (non-hydrogen) atoms. The lowest BCUT2D eigenvalue weighted by molar-refractivity contribution is -0.141. The van der Waals surface area contributed by atoms with Gasteiger partial charge in [0.15, 0.2) is 0 Å². The van der Waals surface area contributed by atoms with Crippen molar-refractivity contribution in [2.75, 3.05) is 0 Å². The van der Waals surface area contributed by atoms with E-state index in [4.69, 9.17) is 5.11 Å². The Kier molecular flexibility index (Phi) is 5.62. The molecule has 2 saturated carbocycles. The van der Waals surface area contributed by atoms with Crippen LogP contribution in [0.5, 0.6) is 0 Å². The quantitative estimate of drug-likeness (QED) is 0.631. The monoisotopic (exact) mass is 380 g/mol. The van der Waals surface area contributed by atoms with Crippen LogP contribution >= 0.6 is 0 Å². The molecule has 3 rings (SSSR count). The molecule has 2 aliphatic rings. The number of amides is 1. The number of nitrogens with one attached hydrogen (secondary N) is 2. The normalized spacial score (nSPS) is 22.9. The smallest absolute Gasteiger partial charge is 0.306 e. The summed E-state index contributed by atoms with van der Waals surface area (Å²) in [5, 5.41) is 11.9. The third-order valence-electron chi connectivity index (χ3n) is 4.92. The second kappa shape index (κ2) is 7.75. The first-order valence-corrected chi connectivity index (χ1v) is 10.5. The lowest BCUT2D eigenvalue weighted by Crippen LogP contribution is -2.33. The number of hydrogen-bond acceptors (Lipinski definition) is 4. The number of hydrogen-bond donors (Lipinski definition) is 3. The number of carbonyl (C=O) groups is 2. The zero-order valence-electron chi connectivity index (χ0n) is 14.5. The minimum absolute atomic E-state index is 0.0652. The van der Waals surface area contributed by atoms with E-state index in [0.29, 0.717) is 32.1 Å². The van der Waals surface area contributed by atoms with Gasteiger partial charge in [0, 0.05) is 18.5 Å². The molecule has 0 saturated heterocycles. The Morgan fingerprint density at radius 1 is 1.04 bits per heavy atom. The molecular weight excluding hydrogens is 356 g/mol. The van der Waals surface area contributed by atoms with Gasteiger partial charge in [0.05, 0.1) is 10.8 Å². The first-order chi connectivity index (χ1) is 12.3. The largest absolute Gasteiger partial charge is 0.481 e. The molecule has 0 heterocycles. The molecule has 0 spiro atoms. The average molecular weight is 380 g/mol. The summed E-state index contributed by atoms with van der Waals surface area (Å²) in [7, 11) is -3.45. The molecule has 1 aromatic rings. The standard InChI is InChI=1S/C18H24N2O5S/c21-17(19-15-5-4-13(11-15)18(22)23)10-3-12-1-8-16(9-2-12)26(24,25)20-14-6-7-14/h1-2,8-9,13-15,20H,3-7,10-11H2,(H,19,21)(H,22,23)/t13-,15+/m0/s1. The van der Waals surface area contributed by atoms with Crippen LogP contribution in [0.3, 0.4) is 0 Å². The van der Waals surface area contributed by atoms with Gasteiger partial charge >= 0.3 is 5.97 Å². The number of rotatable bonds is 8. The van der Waals surface area contributed by atoms with E-state index in [9.17, 15) is 18.0 Å². The molecule has 0 radical (unpaired) electrons. The van der Waals surface area contributed by atoms with Gasteiger partial charge in [0.25, 0.3) is 0 Å². The number of aryl methyl sites for hydroxylation is 1. The third kappa shape index (κ3) is 5.04. The number of benzene rings is 1. The molecule has 0 aromatic heterocycles. The lowest BCUT2D eigenvalue weighted by atomic mass is 10.1. The van der Waals surface area contributed by atoms with Crippen molar-refractivity contribution >= 4 is 21.9 Å². The number of carboxylic acids is 1. The van der Waals surface area contributed by atoms with Crippen LogP contribution in [0, 0.1) is 5.92 Å². The minimum atomic E-state index is -3.45. The topological polar surface area (TPSA) is 113 Å². The van der Waals surface area contributed by atoms with Crippen LogP contribution in [0.15, 0.2) is 29.2 Å². The van der Waals surface area contributed by atoms with Crippen molar-refractivity contribution in [2.45, 2.75) is 61.9 Å². The average Bonchev–Trinajstić information content (AvgIpc) is 3.26. The zero-order valence-corrected chi connectivity index (χ0v) is 15.3. The minimum Gasteiger partial charge on any atom is -0.481 e. The van der Waals surface area contributed by atoms with Gasteiger partial charge in [-0.25, -0.2) is 13.1 Å². The highest BCUT2D eigenvalue weighted by atomic mass is 32.2. The Morgan fingerprint density at radius 2 is 1.69 bits per heavy atom. The van der Waals surface area contributed by atoms with E-state index in [1.54, 1.807) is 24.3 Å². The van der Waals surface area contributed by atoms with Crippen LogP contribution in [-0.2, 0) is 26.0 Å². The summed E-state index contributed by atoms with van der Waals surface area (Å²) in [4.78, 5) is 23.2. The van der Waals surface area contributed by atoms with E-state index in [2.05, 4.69) is 10.0 Å². The summed E-state index contributed by atoms with van der Waals surface area (Å²) in [6, 6.07) is 6.58. The lowest BCUT2D eigenvalue weighted by Gasteiger charge is -2.12. The number of aliphatic carboxylic acids is 1. The van der Waals surface area contributed by atoms with Gasteiger partial charge in [-0.05, 0) is 56.2 Å². The number of sulfonamides is 1. The fourth-order valence-corrected chi connectivity index (χ4v) is 4.52. The molecule has 0 unspecified atom stereocenters. The molecule has 3 N–H and O–H groups in total. The summed E-state index contributed by atoms with van der Waals surface area (Å²) in [5.41, 5.74) is 0.889. The van der Waals surface area contributed by atoms with Crippen molar-refractivity contribution in [3.05, 3.63) is 29.8 Å². The maximum atomic E-state index is 12.1. The summed E-state index contributed by atoms with van der Waals surface area (Å²) < 4.78 is 26.9. The molecule has 0 aliphatic heterocycles. The summed E-state index contributed by atoms with van der Waals surface area (Å²) >= 11 is 0. The van der Waals surface area contributed by atoms with Gasteiger partial charge < -0.3 is 10.4 Å². The molecule has 2 fully saturated rings. The number of carbonyl (C=O) groups excluding carboxylic acids is 1. The SMILES string of the molecule is O=C(CCc1ccc(S(=O)(=O)NC2CC2)cc1)N[C@@H]1CC[C@H](C(=O)O)C1.